The second-order valence-electron chi connectivity index (χ2n) is 3.72. The predicted octanol–water partition coefficient (Wildman–Crippen LogP) is 2.93. The first kappa shape index (κ1) is 11.8. The molecule has 0 aromatic heterocycles. The summed E-state index contributed by atoms with van der Waals surface area (Å²) in [4.78, 5) is 11.0. The number of carboxylic acids is 1. The molecule has 0 bridgehead atoms. The second kappa shape index (κ2) is 6.23. The Kier molecular flexibility index (Phi) is 4.88. The molecule has 1 N–H and O–H groups in total. The highest BCUT2D eigenvalue weighted by Crippen LogP contribution is 2.15. The smallest absolute Gasteiger partial charge is 0.306 e. The van der Waals surface area contributed by atoms with Gasteiger partial charge in [0.1, 0.15) is 0 Å². The minimum absolute atomic E-state index is 0.269. The monoisotopic (exact) mass is 205 g/mol. The minimum Gasteiger partial charge on any atom is -0.481 e. The number of aliphatic carboxylic acids is 1. The van der Waals surface area contributed by atoms with Crippen LogP contribution in [0.25, 0.3) is 0 Å². The van der Waals surface area contributed by atoms with Gasteiger partial charge in [-0.2, -0.15) is 0 Å². The molecule has 1 radical (unpaired) electrons. The van der Waals surface area contributed by atoms with Gasteiger partial charge in [0.15, 0.2) is 0 Å². The van der Waals surface area contributed by atoms with Crippen LogP contribution >= 0.6 is 0 Å². The van der Waals surface area contributed by atoms with Crippen molar-refractivity contribution in [2.45, 2.75) is 25.7 Å². The van der Waals surface area contributed by atoms with Gasteiger partial charge in [0.2, 0.25) is 0 Å². The number of benzene rings is 1. The SMILES string of the molecule is [CH2]CCCC(Cc1ccccc1)C(=O)O. The number of unbranched alkanes of at least 4 members (excludes halogenated alkanes) is 1. The molecule has 1 unspecified atom stereocenters. The first-order valence-electron chi connectivity index (χ1n) is 5.30. The molecule has 0 aliphatic carbocycles. The van der Waals surface area contributed by atoms with E-state index >= 15 is 0 Å². The van der Waals surface area contributed by atoms with Crippen molar-refractivity contribution in [2.24, 2.45) is 5.92 Å². The summed E-state index contributed by atoms with van der Waals surface area (Å²) in [5.41, 5.74) is 1.09. The molecular formula is C13H17O2. The first-order valence-corrected chi connectivity index (χ1v) is 5.30. The van der Waals surface area contributed by atoms with E-state index in [4.69, 9.17) is 5.11 Å². The Labute approximate surface area is 90.9 Å². The van der Waals surface area contributed by atoms with Crippen LogP contribution in [-0.4, -0.2) is 11.1 Å². The third-order valence-electron chi connectivity index (χ3n) is 2.48. The standard InChI is InChI=1S/C13H17O2/c1-2-3-9-12(13(14)15)10-11-7-5-4-6-8-11/h4-8,12H,1-3,9-10H2,(H,14,15). The van der Waals surface area contributed by atoms with E-state index in [9.17, 15) is 4.79 Å². The first-order chi connectivity index (χ1) is 7.24. The van der Waals surface area contributed by atoms with Crippen LogP contribution in [0.1, 0.15) is 24.8 Å². The molecule has 81 valence electrons. The van der Waals surface area contributed by atoms with Crippen molar-refractivity contribution in [3.63, 3.8) is 0 Å². The lowest BCUT2D eigenvalue weighted by molar-refractivity contribution is -0.141. The number of carboxylic acid groups (broad SMARTS) is 1. The third-order valence-corrected chi connectivity index (χ3v) is 2.48. The van der Waals surface area contributed by atoms with Crippen LogP contribution in [0.4, 0.5) is 0 Å². The van der Waals surface area contributed by atoms with Crippen molar-refractivity contribution in [1.82, 2.24) is 0 Å². The van der Waals surface area contributed by atoms with Crippen molar-refractivity contribution < 1.29 is 9.90 Å². The van der Waals surface area contributed by atoms with Crippen LogP contribution in [-0.2, 0) is 11.2 Å². The van der Waals surface area contributed by atoms with Crippen molar-refractivity contribution in [3.8, 4) is 0 Å². The molecule has 0 saturated carbocycles. The van der Waals surface area contributed by atoms with Gasteiger partial charge in [0, 0.05) is 0 Å². The van der Waals surface area contributed by atoms with E-state index in [2.05, 4.69) is 6.92 Å². The maximum absolute atomic E-state index is 11.0. The molecule has 0 amide bonds. The number of rotatable bonds is 6. The zero-order chi connectivity index (χ0) is 11.1. The van der Waals surface area contributed by atoms with Crippen LogP contribution < -0.4 is 0 Å². The van der Waals surface area contributed by atoms with E-state index in [-0.39, 0.29) is 5.92 Å². The lowest BCUT2D eigenvalue weighted by Gasteiger charge is -2.11. The largest absolute Gasteiger partial charge is 0.481 e. The molecule has 1 aromatic rings. The van der Waals surface area contributed by atoms with Crippen LogP contribution in [0, 0.1) is 12.8 Å². The summed E-state index contributed by atoms with van der Waals surface area (Å²) in [5, 5.41) is 9.04. The van der Waals surface area contributed by atoms with Crippen molar-refractivity contribution in [2.75, 3.05) is 0 Å². The lowest BCUT2D eigenvalue weighted by atomic mass is 9.94. The summed E-state index contributed by atoms with van der Waals surface area (Å²) in [5.74, 6) is -0.971. The summed E-state index contributed by atoms with van der Waals surface area (Å²) in [6.45, 7) is 3.73. The average molecular weight is 205 g/mol. The zero-order valence-electron chi connectivity index (χ0n) is 8.86. The molecule has 0 fully saturated rings. The van der Waals surface area contributed by atoms with Gasteiger partial charge in [0.25, 0.3) is 0 Å². The van der Waals surface area contributed by atoms with Gasteiger partial charge < -0.3 is 5.11 Å². The fraction of sp³-hybridized carbons (Fsp3) is 0.385. The van der Waals surface area contributed by atoms with Crippen LogP contribution in [0.15, 0.2) is 30.3 Å². The van der Waals surface area contributed by atoms with Crippen LogP contribution in [0.3, 0.4) is 0 Å². The molecular weight excluding hydrogens is 188 g/mol. The summed E-state index contributed by atoms with van der Waals surface area (Å²) >= 11 is 0. The molecule has 2 heteroatoms. The summed E-state index contributed by atoms with van der Waals surface area (Å²) in [7, 11) is 0. The molecule has 0 saturated heterocycles. The Morgan fingerprint density at radius 2 is 2.00 bits per heavy atom. The lowest BCUT2D eigenvalue weighted by Crippen LogP contribution is -2.16. The summed E-state index contributed by atoms with van der Waals surface area (Å²) < 4.78 is 0. The Balaban J connectivity index is 2.55. The third kappa shape index (κ3) is 4.15. The van der Waals surface area contributed by atoms with E-state index < -0.39 is 5.97 Å². The van der Waals surface area contributed by atoms with E-state index in [1.807, 2.05) is 30.3 Å². The quantitative estimate of drug-likeness (QED) is 0.775. The van der Waals surface area contributed by atoms with E-state index in [1.165, 1.54) is 0 Å². The van der Waals surface area contributed by atoms with Gasteiger partial charge in [-0.25, -0.2) is 0 Å². The molecule has 0 heterocycles. The molecule has 1 atom stereocenters. The van der Waals surface area contributed by atoms with E-state index in [1.54, 1.807) is 0 Å². The topological polar surface area (TPSA) is 37.3 Å². The predicted molar refractivity (Wildman–Crippen MR) is 60.5 cm³/mol. The van der Waals surface area contributed by atoms with E-state index in [0.717, 1.165) is 18.4 Å². The maximum Gasteiger partial charge on any atom is 0.306 e. The Morgan fingerprint density at radius 1 is 1.33 bits per heavy atom. The number of hydrogen-bond acceptors (Lipinski definition) is 1. The average Bonchev–Trinajstić information content (AvgIpc) is 2.25. The fourth-order valence-corrected chi connectivity index (χ4v) is 1.60. The number of carbonyl (C=O) groups is 1. The molecule has 1 aromatic carbocycles. The van der Waals surface area contributed by atoms with Crippen LogP contribution in [0.5, 0.6) is 0 Å². The number of hydrogen-bond donors (Lipinski definition) is 1. The highest BCUT2D eigenvalue weighted by atomic mass is 16.4. The van der Waals surface area contributed by atoms with E-state index in [0.29, 0.717) is 12.8 Å². The maximum atomic E-state index is 11.0. The molecule has 15 heavy (non-hydrogen) atoms. The molecule has 0 spiro atoms. The van der Waals surface area contributed by atoms with Gasteiger partial charge in [-0.3, -0.25) is 4.79 Å². The Bertz CT molecular complexity index is 293. The minimum atomic E-state index is -0.702. The Morgan fingerprint density at radius 3 is 2.53 bits per heavy atom. The van der Waals surface area contributed by atoms with Crippen molar-refractivity contribution in [1.29, 1.82) is 0 Å². The summed E-state index contributed by atoms with van der Waals surface area (Å²) in [6, 6.07) is 9.76. The van der Waals surface area contributed by atoms with Gasteiger partial charge in [-0.1, -0.05) is 50.1 Å². The zero-order valence-corrected chi connectivity index (χ0v) is 8.86. The van der Waals surface area contributed by atoms with Gasteiger partial charge in [-0.15, -0.1) is 0 Å². The van der Waals surface area contributed by atoms with Gasteiger partial charge in [0.05, 0.1) is 5.92 Å². The van der Waals surface area contributed by atoms with Crippen LogP contribution in [0.2, 0.25) is 0 Å². The van der Waals surface area contributed by atoms with Gasteiger partial charge in [-0.05, 0) is 18.4 Å². The highest BCUT2D eigenvalue weighted by Gasteiger charge is 2.16. The highest BCUT2D eigenvalue weighted by molar-refractivity contribution is 5.70. The molecule has 2 nitrogen and oxygen atoms in total. The molecule has 1 rings (SSSR count). The fourth-order valence-electron chi connectivity index (χ4n) is 1.60. The Hall–Kier alpha value is -1.31. The molecule has 0 aliphatic rings. The van der Waals surface area contributed by atoms with Gasteiger partial charge >= 0.3 is 5.97 Å². The summed E-state index contributed by atoms with van der Waals surface area (Å²) in [6.07, 6.45) is 3.02. The molecule has 0 aliphatic heterocycles. The normalized spacial score (nSPS) is 12.3. The van der Waals surface area contributed by atoms with Crippen molar-refractivity contribution in [3.05, 3.63) is 42.8 Å². The second-order valence-corrected chi connectivity index (χ2v) is 3.72. The van der Waals surface area contributed by atoms with Crippen molar-refractivity contribution >= 4 is 5.97 Å².